The number of H-pyrrole nitrogens is 1. The first-order chi connectivity index (χ1) is 15.7. The van der Waals surface area contributed by atoms with Gasteiger partial charge in [0.1, 0.15) is 5.82 Å². The average molecular weight is 476 g/mol. The standard InChI is InChI=1S/C27H26ClN3OS/c1-14-8-24(26-29-22-10-17(4)21(28)12-23(22)30-26)31(13-14)27(32)20-11-18(5)33-25(20)19-7-6-15(2)16(3)9-19/h6-7,9-12,24H,1,8,13H2,2-5H3,(H,29,30). The number of nitrogens with one attached hydrogen (secondary N) is 1. The van der Waals surface area contributed by atoms with E-state index < -0.39 is 0 Å². The van der Waals surface area contributed by atoms with E-state index >= 15 is 0 Å². The number of rotatable bonds is 3. The van der Waals surface area contributed by atoms with Crippen LogP contribution >= 0.6 is 22.9 Å². The Hall–Kier alpha value is -2.89. The number of likely N-dealkylation sites (tertiary alicyclic amines) is 1. The Bertz CT molecular complexity index is 1390. The summed E-state index contributed by atoms with van der Waals surface area (Å²) in [5.74, 6) is 0.796. The van der Waals surface area contributed by atoms with Crippen molar-refractivity contribution in [1.29, 1.82) is 0 Å². The van der Waals surface area contributed by atoms with E-state index in [1.54, 1.807) is 11.3 Å². The molecule has 1 fully saturated rings. The van der Waals surface area contributed by atoms with Gasteiger partial charge in [-0.05, 0) is 74.6 Å². The Morgan fingerprint density at radius 3 is 2.67 bits per heavy atom. The third kappa shape index (κ3) is 3.90. The molecule has 6 heteroatoms. The van der Waals surface area contributed by atoms with E-state index in [1.807, 2.05) is 30.0 Å². The van der Waals surface area contributed by atoms with Crippen molar-refractivity contribution in [3.8, 4) is 10.4 Å². The summed E-state index contributed by atoms with van der Waals surface area (Å²) in [7, 11) is 0. The van der Waals surface area contributed by atoms with E-state index in [2.05, 4.69) is 50.5 Å². The zero-order valence-corrected chi connectivity index (χ0v) is 20.8. The number of amides is 1. The highest BCUT2D eigenvalue weighted by Gasteiger charge is 2.36. The number of nitrogens with zero attached hydrogens (tertiary/aromatic N) is 2. The normalized spacial score (nSPS) is 16.2. The van der Waals surface area contributed by atoms with Crippen LogP contribution in [0.3, 0.4) is 0 Å². The van der Waals surface area contributed by atoms with Crippen molar-refractivity contribution in [3.05, 3.63) is 86.5 Å². The maximum absolute atomic E-state index is 13.9. The summed E-state index contributed by atoms with van der Waals surface area (Å²) >= 11 is 7.97. The molecule has 168 valence electrons. The summed E-state index contributed by atoms with van der Waals surface area (Å²) in [4.78, 5) is 26.1. The second kappa shape index (κ2) is 8.15. The van der Waals surface area contributed by atoms with E-state index in [0.717, 1.165) is 48.9 Å². The third-order valence-corrected chi connectivity index (χ3v) is 7.97. The van der Waals surface area contributed by atoms with E-state index in [-0.39, 0.29) is 11.9 Å². The Labute approximate surface area is 202 Å². The molecule has 1 amide bonds. The smallest absolute Gasteiger partial charge is 0.256 e. The van der Waals surface area contributed by atoms with Crippen LogP contribution in [0.25, 0.3) is 21.5 Å². The van der Waals surface area contributed by atoms with Gasteiger partial charge in [0.05, 0.1) is 22.6 Å². The summed E-state index contributed by atoms with van der Waals surface area (Å²) in [5, 5.41) is 0.691. The Morgan fingerprint density at radius 2 is 1.91 bits per heavy atom. The zero-order valence-electron chi connectivity index (χ0n) is 19.3. The van der Waals surface area contributed by atoms with Crippen molar-refractivity contribution in [2.24, 2.45) is 0 Å². The quantitative estimate of drug-likeness (QED) is 0.315. The monoisotopic (exact) mass is 475 g/mol. The molecule has 1 atom stereocenters. The predicted octanol–water partition coefficient (Wildman–Crippen LogP) is 7.32. The highest BCUT2D eigenvalue weighted by molar-refractivity contribution is 7.15. The molecule has 5 rings (SSSR count). The molecule has 3 heterocycles. The summed E-state index contributed by atoms with van der Waals surface area (Å²) in [6, 6.07) is 12.1. The summed E-state index contributed by atoms with van der Waals surface area (Å²) in [6.07, 6.45) is 0.695. The number of thiophene rings is 1. The number of benzene rings is 2. The van der Waals surface area contributed by atoms with Gasteiger partial charge in [-0.15, -0.1) is 11.3 Å². The van der Waals surface area contributed by atoms with E-state index in [0.29, 0.717) is 18.0 Å². The van der Waals surface area contributed by atoms with Crippen LogP contribution in [0.4, 0.5) is 0 Å². The second-order valence-electron chi connectivity index (χ2n) is 9.04. The lowest BCUT2D eigenvalue weighted by Gasteiger charge is -2.23. The van der Waals surface area contributed by atoms with Crippen LogP contribution in [0.15, 0.2) is 48.6 Å². The van der Waals surface area contributed by atoms with Crippen molar-refractivity contribution in [1.82, 2.24) is 14.9 Å². The average Bonchev–Trinajstić information content (AvgIpc) is 3.46. The van der Waals surface area contributed by atoms with Gasteiger partial charge in [-0.25, -0.2) is 4.98 Å². The molecular weight excluding hydrogens is 450 g/mol. The van der Waals surface area contributed by atoms with E-state index in [1.165, 1.54) is 11.1 Å². The molecule has 2 aromatic heterocycles. The molecule has 33 heavy (non-hydrogen) atoms. The maximum atomic E-state index is 13.9. The van der Waals surface area contributed by atoms with Crippen LogP contribution in [0, 0.1) is 27.7 Å². The first-order valence-electron chi connectivity index (χ1n) is 11.0. The molecule has 1 saturated heterocycles. The summed E-state index contributed by atoms with van der Waals surface area (Å²) in [5.41, 5.74) is 8.07. The second-order valence-corrected chi connectivity index (χ2v) is 10.7. The minimum atomic E-state index is -0.177. The fourth-order valence-electron chi connectivity index (χ4n) is 4.50. The van der Waals surface area contributed by atoms with Gasteiger partial charge in [-0.1, -0.05) is 42.0 Å². The van der Waals surface area contributed by atoms with Gasteiger partial charge >= 0.3 is 0 Å². The molecule has 0 bridgehead atoms. The zero-order chi connectivity index (χ0) is 23.4. The van der Waals surface area contributed by atoms with E-state index in [4.69, 9.17) is 16.6 Å². The minimum Gasteiger partial charge on any atom is -0.340 e. The first-order valence-corrected chi connectivity index (χ1v) is 12.2. The number of fused-ring (bicyclic) bond motifs is 1. The van der Waals surface area contributed by atoms with Crippen molar-refractivity contribution in [3.63, 3.8) is 0 Å². The fourth-order valence-corrected chi connectivity index (χ4v) is 5.66. The largest absolute Gasteiger partial charge is 0.340 e. The van der Waals surface area contributed by atoms with Gasteiger partial charge in [0.15, 0.2) is 0 Å². The van der Waals surface area contributed by atoms with Crippen molar-refractivity contribution >= 4 is 39.9 Å². The van der Waals surface area contributed by atoms with Crippen molar-refractivity contribution in [2.75, 3.05) is 6.54 Å². The molecule has 1 aliphatic heterocycles. The first kappa shape index (κ1) is 21.9. The van der Waals surface area contributed by atoms with E-state index in [9.17, 15) is 4.79 Å². The fraction of sp³-hybridized carbons (Fsp3) is 0.259. The number of aromatic amines is 1. The lowest BCUT2D eigenvalue weighted by atomic mass is 10.0. The van der Waals surface area contributed by atoms with Crippen LogP contribution < -0.4 is 0 Å². The number of carbonyl (C=O) groups is 1. The Balaban J connectivity index is 1.54. The molecule has 0 saturated carbocycles. The number of aromatic nitrogens is 2. The Kier molecular flexibility index (Phi) is 5.42. The molecule has 1 aliphatic rings. The highest BCUT2D eigenvalue weighted by Crippen LogP contribution is 2.39. The molecule has 4 aromatic rings. The van der Waals surface area contributed by atoms with Crippen molar-refractivity contribution < 1.29 is 4.79 Å². The van der Waals surface area contributed by atoms with Crippen LogP contribution in [-0.4, -0.2) is 27.3 Å². The van der Waals surface area contributed by atoms with Crippen LogP contribution in [0.5, 0.6) is 0 Å². The lowest BCUT2D eigenvalue weighted by molar-refractivity contribution is 0.0734. The van der Waals surface area contributed by atoms with Crippen LogP contribution in [0.1, 0.15) is 50.2 Å². The molecular formula is C27H26ClN3OS. The van der Waals surface area contributed by atoms with Gasteiger partial charge in [-0.3, -0.25) is 4.79 Å². The van der Waals surface area contributed by atoms with Gasteiger partial charge in [0.2, 0.25) is 0 Å². The predicted molar refractivity (Wildman–Crippen MR) is 137 cm³/mol. The number of halogens is 1. The number of hydrogen-bond acceptors (Lipinski definition) is 3. The van der Waals surface area contributed by atoms with Crippen LogP contribution in [-0.2, 0) is 0 Å². The molecule has 0 spiro atoms. The van der Waals surface area contributed by atoms with Gasteiger partial charge in [-0.2, -0.15) is 0 Å². The molecule has 1 unspecified atom stereocenters. The summed E-state index contributed by atoms with van der Waals surface area (Å²) in [6.45, 7) is 13.0. The number of hydrogen-bond donors (Lipinski definition) is 1. The van der Waals surface area contributed by atoms with Gasteiger partial charge < -0.3 is 9.88 Å². The molecule has 1 N–H and O–H groups in total. The highest BCUT2D eigenvalue weighted by atomic mass is 35.5. The number of aryl methyl sites for hydroxylation is 4. The molecule has 0 aliphatic carbocycles. The topological polar surface area (TPSA) is 49.0 Å². The molecule has 0 radical (unpaired) electrons. The SMILES string of the molecule is C=C1CC(c2nc3cc(Cl)c(C)cc3[nH]2)N(C(=O)c2cc(C)sc2-c2ccc(C)c(C)c2)C1. The lowest BCUT2D eigenvalue weighted by Crippen LogP contribution is -2.31. The van der Waals surface area contributed by atoms with Gasteiger partial charge in [0, 0.05) is 21.3 Å². The minimum absolute atomic E-state index is 0.0193. The van der Waals surface area contributed by atoms with Crippen molar-refractivity contribution in [2.45, 2.75) is 40.2 Å². The Morgan fingerprint density at radius 1 is 1.12 bits per heavy atom. The third-order valence-electron chi connectivity index (χ3n) is 6.46. The van der Waals surface area contributed by atoms with Crippen LogP contribution in [0.2, 0.25) is 5.02 Å². The summed E-state index contributed by atoms with van der Waals surface area (Å²) < 4.78 is 0. The maximum Gasteiger partial charge on any atom is 0.256 e. The number of carbonyl (C=O) groups excluding carboxylic acids is 1. The molecule has 4 nitrogen and oxygen atoms in total. The van der Waals surface area contributed by atoms with Gasteiger partial charge in [0.25, 0.3) is 5.91 Å². The molecule has 2 aromatic carbocycles. The number of imidazole rings is 1.